The second-order valence-electron chi connectivity index (χ2n) is 15.3. The first-order chi connectivity index (χ1) is 28.2. The lowest BCUT2D eigenvalue weighted by atomic mass is 9.90. The molecule has 0 N–H and O–H groups in total. The van der Waals surface area contributed by atoms with Gasteiger partial charge in [-0.2, -0.15) is 0 Å². The van der Waals surface area contributed by atoms with Crippen LogP contribution in [-0.4, -0.2) is 0 Å². The van der Waals surface area contributed by atoms with Crippen LogP contribution in [0.25, 0.3) is 76.2 Å². The van der Waals surface area contributed by atoms with Crippen LogP contribution in [0.3, 0.4) is 0 Å². The summed E-state index contributed by atoms with van der Waals surface area (Å²) in [6.45, 7) is 2.32. The van der Waals surface area contributed by atoms with Gasteiger partial charge < -0.3 is 18.6 Å². The smallest absolute Gasteiger partial charge is 0.159 e. The van der Waals surface area contributed by atoms with Crippen LogP contribution in [0.1, 0.15) is 13.3 Å². The highest BCUT2D eigenvalue weighted by Gasteiger charge is 2.28. The number of anilines is 5. The van der Waals surface area contributed by atoms with E-state index in [0.29, 0.717) is 5.92 Å². The van der Waals surface area contributed by atoms with Gasteiger partial charge in [0.15, 0.2) is 11.2 Å². The number of hydrogen-bond donors (Lipinski definition) is 0. The van der Waals surface area contributed by atoms with Crippen molar-refractivity contribution in [2.45, 2.75) is 13.3 Å². The van der Waals surface area contributed by atoms with E-state index in [9.17, 15) is 0 Å². The Morgan fingerprint density at radius 3 is 1.54 bits per heavy atom. The van der Waals surface area contributed by atoms with Gasteiger partial charge in [0.1, 0.15) is 11.2 Å². The minimum atomic E-state index is 0.306. The Morgan fingerprint density at radius 2 is 0.947 bits per heavy atom. The Bertz CT molecular complexity index is 3420. The predicted molar refractivity (Wildman–Crippen MR) is 239 cm³/mol. The number of benzene rings is 9. The SMILES string of the molecule is CC1CC=CC=C1N(c1ccc2ccc3c(N(c4ccccc4)c4cccc5c4oc4ccccc45)ccc4ccc1c2c43)c1cccc2c1oc1ccccc12. The molecule has 1 aliphatic rings. The van der Waals surface area contributed by atoms with Crippen LogP contribution in [0, 0.1) is 5.92 Å². The normalized spacial score (nSPS) is 14.5. The van der Waals surface area contributed by atoms with Gasteiger partial charge in [-0.15, -0.1) is 0 Å². The van der Waals surface area contributed by atoms with Crippen molar-refractivity contribution in [1.29, 1.82) is 0 Å². The molecule has 0 saturated carbocycles. The van der Waals surface area contributed by atoms with Crippen LogP contribution < -0.4 is 9.80 Å². The summed E-state index contributed by atoms with van der Waals surface area (Å²) in [5.41, 5.74) is 10.1. The molecule has 2 aromatic heterocycles. The van der Waals surface area contributed by atoms with E-state index in [1.807, 2.05) is 12.1 Å². The Balaban J connectivity index is 1.13. The number of fused-ring (bicyclic) bond motifs is 6. The molecule has 2 heterocycles. The molecule has 0 fully saturated rings. The van der Waals surface area contributed by atoms with Crippen molar-refractivity contribution in [2.24, 2.45) is 5.92 Å². The molecule has 57 heavy (non-hydrogen) atoms. The molecule has 12 rings (SSSR count). The average Bonchev–Trinajstić information content (AvgIpc) is 3.84. The van der Waals surface area contributed by atoms with Gasteiger partial charge in [0.25, 0.3) is 0 Å². The summed E-state index contributed by atoms with van der Waals surface area (Å²) >= 11 is 0. The van der Waals surface area contributed by atoms with Crippen molar-refractivity contribution < 1.29 is 8.83 Å². The quantitative estimate of drug-likeness (QED) is 0.159. The van der Waals surface area contributed by atoms with Crippen LogP contribution in [0.5, 0.6) is 0 Å². The largest absolute Gasteiger partial charge is 0.454 e. The van der Waals surface area contributed by atoms with E-state index in [4.69, 9.17) is 8.83 Å². The van der Waals surface area contributed by atoms with Crippen molar-refractivity contribution in [2.75, 3.05) is 9.80 Å². The molecule has 0 spiro atoms. The number of nitrogens with zero attached hydrogens (tertiary/aromatic N) is 2. The minimum absolute atomic E-state index is 0.306. The van der Waals surface area contributed by atoms with Crippen LogP contribution in [0.2, 0.25) is 0 Å². The molecule has 0 radical (unpaired) electrons. The highest BCUT2D eigenvalue weighted by atomic mass is 16.3. The van der Waals surface area contributed by atoms with E-state index in [1.54, 1.807) is 0 Å². The zero-order chi connectivity index (χ0) is 37.6. The zero-order valence-corrected chi connectivity index (χ0v) is 31.3. The van der Waals surface area contributed by atoms with E-state index < -0.39 is 0 Å². The third-order valence-electron chi connectivity index (χ3n) is 12.0. The maximum atomic E-state index is 6.71. The van der Waals surface area contributed by atoms with Crippen molar-refractivity contribution in [3.8, 4) is 0 Å². The third kappa shape index (κ3) is 4.74. The second kappa shape index (κ2) is 12.4. The Labute approximate surface area is 329 Å². The van der Waals surface area contributed by atoms with Crippen LogP contribution in [-0.2, 0) is 0 Å². The molecule has 9 aromatic carbocycles. The number of para-hydroxylation sites is 5. The fraction of sp³-hybridized carbons (Fsp3) is 0.0566. The molecule has 4 nitrogen and oxygen atoms in total. The molecule has 11 aromatic rings. The van der Waals surface area contributed by atoms with E-state index in [2.05, 4.69) is 187 Å². The minimum Gasteiger partial charge on any atom is -0.454 e. The van der Waals surface area contributed by atoms with Crippen LogP contribution in [0.4, 0.5) is 28.4 Å². The molecular formula is C53H36N2O2. The molecule has 0 saturated heterocycles. The van der Waals surface area contributed by atoms with Crippen molar-refractivity contribution in [3.63, 3.8) is 0 Å². The fourth-order valence-corrected chi connectivity index (χ4v) is 9.40. The van der Waals surface area contributed by atoms with Crippen LogP contribution in [0.15, 0.2) is 197 Å². The molecule has 1 unspecified atom stereocenters. The number of hydrogen-bond acceptors (Lipinski definition) is 4. The maximum Gasteiger partial charge on any atom is 0.159 e. The highest BCUT2D eigenvalue weighted by molar-refractivity contribution is 6.28. The molecule has 0 bridgehead atoms. The second-order valence-corrected chi connectivity index (χ2v) is 15.3. The van der Waals surface area contributed by atoms with E-state index >= 15 is 0 Å². The van der Waals surface area contributed by atoms with Gasteiger partial charge in [0, 0.05) is 49.6 Å². The van der Waals surface area contributed by atoms with Crippen LogP contribution >= 0.6 is 0 Å². The topological polar surface area (TPSA) is 32.8 Å². The van der Waals surface area contributed by atoms with E-state index in [1.165, 1.54) is 38.0 Å². The molecule has 0 amide bonds. The summed E-state index contributed by atoms with van der Waals surface area (Å²) in [5, 5.41) is 11.8. The molecule has 0 aliphatic heterocycles. The van der Waals surface area contributed by atoms with Crippen molar-refractivity contribution >= 4 is 105 Å². The number of allylic oxidation sites excluding steroid dienone is 4. The molecule has 1 atom stereocenters. The third-order valence-corrected chi connectivity index (χ3v) is 12.0. The molecule has 270 valence electrons. The summed E-state index contributed by atoms with van der Waals surface area (Å²) in [7, 11) is 0. The fourth-order valence-electron chi connectivity index (χ4n) is 9.40. The first-order valence-corrected chi connectivity index (χ1v) is 19.7. The summed E-state index contributed by atoms with van der Waals surface area (Å²) < 4.78 is 13.4. The van der Waals surface area contributed by atoms with Crippen molar-refractivity contribution in [1.82, 2.24) is 0 Å². The predicted octanol–water partition coefficient (Wildman–Crippen LogP) is 15.5. The number of rotatable bonds is 6. The van der Waals surface area contributed by atoms with Gasteiger partial charge in [0.2, 0.25) is 0 Å². The summed E-state index contributed by atoms with van der Waals surface area (Å²) in [4.78, 5) is 4.83. The lowest BCUT2D eigenvalue weighted by Crippen LogP contribution is -2.23. The molecule has 1 aliphatic carbocycles. The molecular weight excluding hydrogens is 697 g/mol. The van der Waals surface area contributed by atoms with Gasteiger partial charge in [0.05, 0.1) is 22.7 Å². The first kappa shape index (κ1) is 32.0. The lowest BCUT2D eigenvalue weighted by Gasteiger charge is -2.33. The summed E-state index contributed by atoms with van der Waals surface area (Å²) in [5.74, 6) is 0.306. The lowest BCUT2D eigenvalue weighted by molar-refractivity contribution is 0.656. The van der Waals surface area contributed by atoms with Crippen molar-refractivity contribution in [3.05, 3.63) is 188 Å². The summed E-state index contributed by atoms with van der Waals surface area (Å²) in [6, 6.07) is 58.7. The van der Waals surface area contributed by atoms with Gasteiger partial charge >= 0.3 is 0 Å². The first-order valence-electron chi connectivity index (χ1n) is 19.7. The monoisotopic (exact) mass is 732 g/mol. The summed E-state index contributed by atoms with van der Waals surface area (Å²) in [6.07, 6.45) is 7.72. The Kier molecular flexibility index (Phi) is 6.93. The van der Waals surface area contributed by atoms with Gasteiger partial charge in [-0.05, 0) is 82.6 Å². The van der Waals surface area contributed by atoms with Gasteiger partial charge in [-0.1, -0.05) is 134 Å². The standard InChI is InChI=1S/C53H36N2O2/c1-33-13-5-8-20-43(33)55(47-22-12-19-40-38-17-7-10-24-49(38)57-53(40)47)45-32-28-35-25-29-41-44(31-27-34-26-30-42(45)51(35)50(34)41)54(36-14-3-2-4-15-36)46-21-11-18-39-37-16-6-9-23-48(37)56-52(39)46/h2-12,14-33H,13H2,1H3. The highest BCUT2D eigenvalue weighted by Crippen LogP contribution is 2.50. The Morgan fingerprint density at radius 1 is 0.439 bits per heavy atom. The van der Waals surface area contributed by atoms with Gasteiger partial charge in [-0.25, -0.2) is 0 Å². The maximum absolute atomic E-state index is 6.71. The van der Waals surface area contributed by atoms with Gasteiger partial charge in [-0.3, -0.25) is 0 Å². The van der Waals surface area contributed by atoms with E-state index in [0.717, 1.165) is 78.7 Å². The Hall–Kier alpha value is -7.30. The molecule has 4 heteroatoms. The van der Waals surface area contributed by atoms with E-state index in [-0.39, 0.29) is 0 Å². The average molecular weight is 733 g/mol. The zero-order valence-electron chi connectivity index (χ0n) is 31.3. The number of furan rings is 2.